The first-order chi connectivity index (χ1) is 16.4. The molecule has 0 spiro atoms. The second-order valence-electron chi connectivity index (χ2n) is 7.39. The van der Waals surface area contributed by atoms with E-state index in [2.05, 4.69) is 15.4 Å². The third kappa shape index (κ3) is 7.04. The lowest BCUT2D eigenvalue weighted by atomic mass is 10.1. The van der Waals surface area contributed by atoms with E-state index < -0.39 is 29.0 Å². The summed E-state index contributed by atoms with van der Waals surface area (Å²) in [6.07, 6.45) is 3.23. The molecule has 2 aromatic rings. The lowest BCUT2D eigenvalue weighted by Crippen LogP contribution is -2.26. The van der Waals surface area contributed by atoms with Gasteiger partial charge in [0.15, 0.2) is 11.6 Å². The fraction of sp³-hybridized carbons (Fsp3) is 0.364. The van der Waals surface area contributed by atoms with E-state index in [1.54, 1.807) is 6.07 Å². The van der Waals surface area contributed by atoms with Crippen LogP contribution >= 0.6 is 22.6 Å². The van der Waals surface area contributed by atoms with Crippen molar-refractivity contribution < 1.29 is 32.7 Å². The third-order valence-electron chi connectivity index (χ3n) is 4.99. The number of nitrogens with zero attached hydrogens (tertiary/aromatic N) is 2. The zero-order valence-electron chi connectivity index (χ0n) is 18.1. The van der Waals surface area contributed by atoms with E-state index in [1.165, 1.54) is 12.1 Å². The summed E-state index contributed by atoms with van der Waals surface area (Å²) in [6.45, 7) is 2.31. The van der Waals surface area contributed by atoms with Crippen LogP contribution in [0.15, 0.2) is 29.4 Å². The monoisotopic (exact) mass is 592 g/mol. The van der Waals surface area contributed by atoms with E-state index in [-0.39, 0.29) is 36.6 Å². The number of hydrogen-bond donors (Lipinski definition) is 3. The van der Waals surface area contributed by atoms with Crippen LogP contribution in [0, 0.1) is 21.0 Å². The van der Waals surface area contributed by atoms with Gasteiger partial charge in [0.25, 0.3) is 5.91 Å². The summed E-state index contributed by atoms with van der Waals surface area (Å²) in [7, 11) is 0. The summed E-state index contributed by atoms with van der Waals surface area (Å²) in [5.41, 5.74) is 0.567. The average molecular weight is 592 g/mol. The minimum absolute atomic E-state index is 0.157. The number of aliphatic hydroxyl groups is 1. The topological polar surface area (TPSA) is 95.4 Å². The number of carbonyl (C=O) groups excluding carboxylic acids is 1. The molecule has 0 aromatic heterocycles. The second-order valence-corrected chi connectivity index (χ2v) is 8.63. The zero-order valence-corrected chi connectivity index (χ0v) is 20.3. The molecule has 1 heterocycles. The quantitative estimate of drug-likeness (QED) is 0.160. The molecule has 3 N–H and O–H groups in total. The van der Waals surface area contributed by atoms with Gasteiger partial charge >= 0.3 is 0 Å². The highest BCUT2D eigenvalue weighted by atomic mass is 127. The third-order valence-corrected chi connectivity index (χ3v) is 5.66. The molecule has 184 valence electrons. The molecule has 1 aliphatic heterocycles. The summed E-state index contributed by atoms with van der Waals surface area (Å²) in [5, 5.41) is 14.9. The Morgan fingerprint density at radius 3 is 2.65 bits per heavy atom. The van der Waals surface area contributed by atoms with E-state index >= 15 is 4.39 Å². The first-order valence-corrected chi connectivity index (χ1v) is 11.6. The lowest BCUT2D eigenvalue weighted by Gasteiger charge is -2.16. The van der Waals surface area contributed by atoms with Crippen LogP contribution in [-0.2, 0) is 9.68 Å². The van der Waals surface area contributed by atoms with Gasteiger partial charge in [0.2, 0.25) is 0 Å². The van der Waals surface area contributed by atoms with Gasteiger partial charge in [-0.15, -0.1) is 0 Å². The number of hydrogen-bond acceptors (Lipinski definition) is 7. The van der Waals surface area contributed by atoms with Crippen molar-refractivity contribution in [1.29, 1.82) is 0 Å². The van der Waals surface area contributed by atoms with Crippen molar-refractivity contribution in [3.8, 4) is 0 Å². The van der Waals surface area contributed by atoms with Crippen LogP contribution in [0.25, 0.3) is 0 Å². The predicted octanol–water partition coefficient (Wildman–Crippen LogP) is 3.55. The molecule has 0 saturated carbocycles. The Morgan fingerprint density at radius 2 is 1.94 bits per heavy atom. The van der Waals surface area contributed by atoms with Crippen LogP contribution in [0.2, 0.25) is 0 Å². The van der Waals surface area contributed by atoms with Crippen LogP contribution in [0.4, 0.5) is 24.5 Å². The van der Waals surface area contributed by atoms with Gasteiger partial charge in [-0.2, -0.15) is 0 Å². The normalized spacial score (nSPS) is 14.0. The van der Waals surface area contributed by atoms with Crippen LogP contribution in [0.1, 0.15) is 28.8 Å². The van der Waals surface area contributed by atoms with Crippen LogP contribution in [0.5, 0.6) is 0 Å². The number of hydroxylamine groups is 1. The first-order valence-electron chi connectivity index (χ1n) is 10.6. The maximum absolute atomic E-state index is 15.0. The zero-order chi connectivity index (χ0) is 24.5. The summed E-state index contributed by atoms with van der Waals surface area (Å²) >= 11 is 1.90. The molecule has 1 saturated heterocycles. The minimum Gasteiger partial charge on any atom is -0.394 e. The number of nitrogens with one attached hydrogen (secondary N) is 2. The van der Waals surface area contributed by atoms with E-state index in [1.807, 2.05) is 28.1 Å². The fourth-order valence-electron chi connectivity index (χ4n) is 3.31. The molecule has 0 atom stereocenters. The average Bonchev–Trinajstić information content (AvgIpc) is 3.33. The number of likely N-dealkylation sites (tertiary alicyclic amines) is 1. The molecule has 12 heteroatoms. The second kappa shape index (κ2) is 12.9. The minimum atomic E-state index is -1.41. The van der Waals surface area contributed by atoms with Gasteiger partial charge in [-0.1, -0.05) is 5.16 Å². The van der Waals surface area contributed by atoms with Gasteiger partial charge in [-0.05, 0) is 72.8 Å². The van der Waals surface area contributed by atoms with Gasteiger partial charge < -0.3 is 15.3 Å². The molecule has 34 heavy (non-hydrogen) atoms. The van der Waals surface area contributed by atoms with Crippen molar-refractivity contribution in [3.63, 3.8) is 0 Å². The van der Waals surface area contributed by atoms with Gasteiger partial charge in [-0.3, -0.25) is 14.5 Å². The van der Waals surface area contributed by atoms with Gasteiger partial charge in [0.05, 0.1) is 36.4 Å². The van der Waals surface area contributed by atoms with Crippen molar-refractivity contribution in [2.24, 2.45) is 5.16 Å². The summed E-state index contributed by atoms with van der Waals surface area (Å²) in [6, 6.07) is 5.13. The Kier molecular flexibility index (Phi) is 9.92. The molecular formula is C22H24F3IN4O4. The highest BCUT2D eigenvalue weighted by molar-refractivity contribution is 14.1. The maximum atomic E-state index is 15.0. The molecule has 0 radical (unpaired) electrons. The Morgan fingerprint density at radius 1 is 1.18 bits per heavy atom. The van der Waals surface area contributed by atoms with Crippen LogP contribution in [0.3, 0.4) is 0 Å². The number of halogens is 4. The van der Waals surface area contributed by atoms with E-state index in [9.17, 15) is 13.6 Å². The van der Waals surface area contributed by atoms with Gasteiger partial charge in [0, 0.05) is 15.7 Å². The van der Waals surface area contributed by atoms with Gasteiger partial charge in [0.1, 0.15) is 12.4 Å². The Labute approximate surface area is 208 Å². The molecule has 1 fully saturated rings. The molecule has 8 nitrogen and oxygen atoms in total. The molecule has 3 rings (SSSR count). The standard InChI is InChI=1S/C22H24F3IN4O4/c23-17-12-15(26)3-4-18(17)28-21-16(22(32)29-34-10-8-31)11-14(19(24)20(21)25)13-27-33-9-7-30-5-1-2-6-30/h3-4,11-13,28,31H,1-2,5-10H2,(H,29,32)/b27-13+. The molecule has 0 aliphatic carbocycles. The highest BCUT2D eigenvalue weighted by Crippen LogP contribution is 2.30. The number of aliphatic hydroxyl groups excluding tert-OH is 1. The number of rotatable bonds is 11. The molecule has 1 aliphatic rings. The predicted molar refractivity (Wildman–Crippen MR) is 128 cm³/mol. The number of anilines is 2. The van der Waals surface area contributed by atoms with E-state index in [0.717, 1.165) is 38.2 Å². The van der Waals surface area contributed by atoms with Crippen molar-refractivity contribution in [1.82, 2.24) is 10.4 Å². The Hall–Kier alpha value is -2.42. The summed E-state index contributed by atoms with van der Waals surface area (Å²) < 4.78 is 44.7. The van der Waals surface area contributed by atoms with E-state index in [4.69, 9.17) is 14.8 Å². The summed E-state index contributed by atoms with van der Waals surface area (Å²) in [4.78, 5) is 24.7. The van der Waals surface area contributed by atoms with Crippen molar-refractivity contribution >= 4 is 46.1 Å². The van der Waals surface area contributed by atoms with Crippen molar-refractivity contribution in [2.75, 3.05) is 44.8 Å². The van der Waals surface area contributed by atoms with Crippen LogP contribution in [-0.4, -0.2) is 61.6 Å². The number of benzene rings is 2. The smallest absolute Gasteiger partial charge is 0.277 e. The molecule has 0 bridgehead atoms. The fourth-order valence-corrected chi connectivity index (χ4v) is 3.76. The number of carbonyl (C=O) groups is 1. The Balaban J connectivity index is 1.84. The SMILES string of the molecule is O=C(NOCCO)c1cc(/C=N/OCCN2CCCC2)c(F)c(F)c1Nc1ccc(I)cc1F. The maximum Gasteiger partial charge on any atom is 0.277 e. The highest BCUT2D eigenvalue weighted by Gasteiger charge is 2.23. The summed E-state index contributed by atoms with van der Waals surface area (Å²) in [5.74, 6) is -4.36. The number of amides is 1. The largest absolute Gasteiger partial charge is 0.394 e. The molecule has 0 unspecified atom stereocenters. The lowest BCUT2D eigenvalue weighted by molar-refractivity contribution is 0.0168. The Bertz CT molecular complexity index is 1040. The van der Waals surface area contributed by atoms with Gasteiger partial charge in [-0.25, -0.2) is 18.7 Å². The molecule has 1 amide bonds. The van der Waals surface area contributed by atoms with E-state index in [0.29, 0.717) is 10.1 Å². The first kappa shape index (κ1) is 26.2. The van der Waals surface area contributed by atoms with Crippen molar-refractivity contribution in [3.05, 3.63) is 56.4 Å². The molecular weight excluding hydrogens is 568 g/mol. The van der Waals surface area contributed by atoms with Crippen LogP contribution < -0.4 is 10.8 Å². The molecule has 2 aromatic carbocycles. The van der Waals surface area contributed by atoms with Crippen molar-refractivity contribution in [2.45, 2.75) is 12.8 Å². The number of oxime groups is 1.